The molecule has 25 heavy (non-hydrogen) atoms. The van der Waals surface area contributed by atoms with Gasteiger partial charge in [-0.1, -0.05) is 49.1 Å². The lowest BCUT2D eigenvalue weighted by atomic mass is 10.1. The number of benzene rings is 1. The standard InChI is InChI=1S/C16H21N5O2S2/c1-8(2)12(13(22)19-14(17)23)24-16-21-20-15(25-16)18-11-7-5-6-9(3)10(11)4/h5-8,12H,1-4H3,(H,18,20)(H3,17,19,22,23)/t12-/m1/s1. The molecular formula is C16H21N5O2S2. The highest BCUT2D eigenvalue weighted by molar-refractivity contribution is 8.02. The van der Waals surface area contributed by atoms with Gasteiger partial charge in [0, 0.05) is 5.69 Å². The van der Waals surface area contributed by atoms with E-state index < -0.39 is 17.2 Å². The number of anilines is 2. The van der Waals surface area contributed by atoms with Gasteiger partial charge in [0.05, 0.1) is 5.25 Å². The molecule has 0 bridgehead atoms. The molecule has 0 aliphatic rings. The summed E-state index contributed by atoms with van der Waals surface area (Å²) in [6, 6.07) is 5.15. The van der Waals surface area contributed by atoms with Crippen molar-refractivity contribution in [2.24, 2.45) is 11.7 Å². The molecular weight excluding hydrogens is 358 g/mol. The summed E-state index contributed by atoms with van der Waals surface area (Å²) in [5.74, 6) is -0.421. The van der Waals surface area contributed by atoms with Gasteiger partial charge in [-0.05, 0) is 37.0 Å². The van der Waals surface area contributed by atoms with Crippen molar-refractivity contribution >= 4 is 45.9 Å². The molecule has 0 aliphatic heterocycles. The average Bonchev–Trinajstić information content (AvgIpc) is 2.95. The zero-order valence-corrected chi connectivity index (χ0v) is 16.1. The number of carbonyl (C=O) groups excluding carboxylic acids is 2. The molecule has 0 spiro atoms. The number of hydrogen-bond acceptors (Lipinski definition) is 7. The molecule has 1 atom stereocenters. The van der Waals surface area contributed by atoms with Crippen molar-refractivity contribution < 1.29 is 9.59 Å². The molecule has 0 unspecified atom stereocenters. The lowest BCUT2D eigenvalue weighted by Crippen LogP contribution is -2.42. The number of carbonyl (C=O) groups is 2. The van der Waals surface area contributed by atoms with Crippen LogP contribution in [0.15, 0.2) is 22.5 Å². The lowest BCUT2D eigenvalue weighted by molar-refractivity contribution is -0.120. The minimum Gasteiger partial charge on any atom is -0.351 e. The second-order valence-electron chi connectivity index (χ2n) is 5.88. The Labute approximate surface area is 154 Å². The van der Waals surface area contributed by atoms with Gasteiger partial charge in [0.25, 0.3) is 0 Å². The van der Waals surface area contributed by atoms with Gasteiger partial charge in [-0.3, -0.25) is 10.1 Å². The van der Waals surface area contributed by atoms with Gasteiger partial charge in [-0.2, -0.15) is 0 Å². The first-order valence-corrected chi connectivity index (χ1v) is 9.41. The van der Waals surface area contributed by atoms with Crippen molar-refractivity contribution in [1.29, 1.82) is 0 Å². The zero-order chi connectivity index (χ0) is 18.6. The van der Waals surface area contributed by atoms with Crippen molar-refractivity contribution in [3.63, 3.8) is 0 Å². The Morgan fingerprint density at radius 2 is 1.96 bits per heavy atom. The molecule has 3 amide bonds. The molecule has 1 aromatic carbocycles. The minimum atomic E-state index is -0.856. The van der Waals surface area contributed by atoms with Crippen LogP contribution < -0.4 is 16.4 Å². The predicted octanol–water partition coefficient (Wildman–Crippen LogP) is 3.21. The quantitative estimate of drug-likeness (QED) is 0.665. The van der Waals surface area contributed by atoms with E-state index in [4.69, 9.17) is 5.73 Å². The van der Waals surface area contributed by atoms with E-state index in [2.05, 4.69) is 20.8 Å². The number of primary amides is 1. The van der Waals surface area contributed by atoms with Gasteiger partial charge < -0.3 is 11.1 Å². The number of imide groups is 1. The molecule has 0 saturated heterocycles. The van der Waals surface area contributed by atoms with Crippen molar-refractivity contribution in [2.45, 2.75) is 37.3 Å². The molecule has 2 aromatic rings. The molecule has 0 radical (unpaired) electrons. The van der Waals surface area contributed by atoms with Crippen LogP contribution in [0.3, 0.4) is 0 Å². The van der Waals surface area contributed by atoms with Crippen LogP contribution in [-0.2, 0) is 4.79 Å². The Hall–Kier alpha value is -2.13. The highest BCUT2D eigenvalue weighted by Gasteiger charge is 2.26. The Kier molecular flexibility index (Phi) is 6.38. The fraction of sp³-hybridized carbons (Fsp3) is 0.375. The number of nitrogens with two attached hydrogens (primary N) is 1. The maximum atomic E-state index is 12.1. The monoisotopic (exact) mass is 379 g/mol. The van der Waals surface area contributed by atoms with Crippen LogP contribution in [0.5, 0.6) is 0 Å². The van der Waals surface area contributed by atoms with E-state index in [1.807, 2.05) is 45.9 Å². The first-order valence-electron chi connectivity index (χ1n) is 7.71. The Balaban J connectivity index is 2.10. The van der Waals surface area contributed by atoms with Crippen molar-refractivity contribution in [1.82, 2.24) is 15.5 Å². The van der Waals surface area contributed by atoms with Gasteiger partial charge >= 0.3 is 6.03 Å². The topological polar surface area (TPSA) is 110 Å². The molecule has 7 nitrogen and oxygen atoms in total. The summed E-state index contributed by atoms with van der Waals surface area (Å²) >= 11 is 2.63. The number of urea groups is 1. The van der Waals surface area contributed by atoms with Gasteiger partial charge in [-0.15, -0.1) is 10.2 Å². The van der Waals surface area contributed by atoms with Crippen LogP contribution in [0.25, 0.3) is 0 Å². The Bertz CT molecular complexity index is 776. The summed E-state index contributed by atoms with van der Waals surface area (Å²) in [6.07, 6.45) is 0. The van der Waals surface area contributed by atoms with Crippen LogP contribution in [-0.4, -0.2) is 27.4 Å². The molecule has 4 N–H and O–H groups in total. The smallest absolute Gasteiger partial charge is 0.318 e. The number of aryl methyl sites for hydroxylation is 1. The van der Waals surface area contributed by atoms with Crippen LogP contribution >= 0.6 is 23.1 Å². The van der Waals surface area contributed by atoms with Gasteiger partial charge in [-0.25, -0.2) is 4.79 Å². The molecule has 134 valence electrons. The molecule has 9 heteroatoms. The van der Waals surface area contributed by atoms with E-state index in [1.165, 1.54) is 28.7 Å². The van der Waals surface area contributed by atoms with Gasteiger partial charge in [0.1, 0.15) is 0 Å². The Morgan fingerprint density at radius 1 is 1.24 bits per heavy atom. The molecule has 1 heterocycles. The maximum absolute atomic E-state index is 12.1. The summed E-state index contributed by atoms with van der Waals surface area (Å²) in [4.78, 5) is 23.0. The van der Waals surface area contributed by atoms with Crippen LogP contribution in [0, 0.1) is 19.8 Å². The minimum absolute atomic E-state index is 0.00340. The molecule has 2 rings (SSSR count). The molecule has 1 aromatic heterocycles. The summed E-state index contributed by atoms with van der Waals surface area (Å²) in [7, 11) is 0. The van der Waals surface area contributed by atoms with Gasteiger partial charge in [0.2, 0.25) is 11.0 Å². The number of rotatable bonds is 6. The summed E-state index contributed by atoms with van der Waals surface area (Å²) in [6.45, 7) is 7.88. The molecule has 0 fully saturated rings. The van der Waals surface area contributed by atoms with E-state index in [-0.39, 0.29) is 5.92 Å². The van der Waals surface area contributed by atoms with Crippen LogP contribution in [0.4, 0.5) is 15.6 Å². The highest BCUT2D eigenvalue weighted by Crippen LogP contribution is 2.34. The third-order valence-corrected chi connectivity index (χ3v) is 6.06. The number of thioether (sulfide) groups is 1. The van der Waals surface area contributed by atoms with E-state index >= 15 is 0 Å². The third-order valence-electron chi connectivity index (χ3n) is 3.59. The van der Waals surface area contributed by atoms with E-state index in [0.29, 0.717) is 9.47 Å². The summed E-state index contributed by atoms with van der Waals surface area (Å²) < 4.78 is 0.645. The first kappa shape index (κ1) is 19.2. The van der Waals surface area contributed by atoms with Crippen LogP contribution in [0.2, 0.25) is 0 Å². The Morgan fingerprint density at radius 3 is 2.60 bits per heavy atom. The summed E-state index contributed by atoms with van der Waals surface area (Å²) in [5, 5.41) is 13.8. The largest absolute Gasteiger partial charge is 0.351 e. The van der Waals surface area contributed by atoms with E-state index in [1.54, 1.807) is 0 Å². The molecule has 0 saturated carbocycles. The van der Waals surface area contributed by atoms with Crippen molar-refractivity contribution in [3.8, 4) is 0 Å². The number of nitrogens with one attached hydrogen (secondary N) is 2. The zero-order valence-electron chi connectivity index (χ0n) is 14.5. The summed E-state index contributed by atoms with van der Waals surface area (Å²) in [5.41, 5.74) is 8.33. The molecule has 0 aliphatic carbocycles. The third kappa shape index (κ3) is 5.17. The number of amides is 3. The SMILES string of the molecule is Cc1cccc(Nc2nnc(S[C@@H](C(=O)NC(N)=O)C(C)C)s2)c1C. The first-order chi connectivity index (χ1) is 11.8. The maximum Gasteiger partial charge on any atom is 0.318 e. The second kappa shape index (κ2) is 8.30. The van der Waals surface area contributed by atoms with Gasteiger partial charge in [0.15, 0.2) is 4.34 Å². The highest BCUT2D eigenvalue weighted by atomic mass is 32.2. The van der Waals surface area contributed by atoms with E-state index in [0.717, 1.165) is 11.3 Å². The normalized spacial score (nSPS) is 12.0. The average molecular weight is 380 g/mol. The van der Waals surface area contributed by atoms with Crippen LogP contribution in [0.1, 0.15) is 25.0 Å². The van der Waals surface area contributed by atoms with E-state index in [9.17, 15) is 9.59 Å². The predicted molar refractivity (Wildman–Crippen MR) is 101 cm³/mol. The fourth-order valence-corrected chi connectivity index (χ4v) is 4.08. The van der Waals surface area contributed by atoms with Crippen molar-refractivity contribution in [3.05, 3.63) is 29.3 Å². The lowest BCUT2D eigenvalue weighted by Gasteiger charge is -2.16. The number of nitrogens with zero attached hydrogens (tertiary/aromatic N) is 2. The second-order valence-corrected chi connectivity index (χ2v) is 8.25. The fourth-order valence-electron chi connectivity index (χ4n) is 2.10. The number of aromatic nitrogens is 2. The van der Waals surface area contributed by atoms with Crippen molar-refractivity contribution in [2.75, 3.05) is 5.32 Å². The number of hydrogen-bond donors (Lipinski definition) is 3.